The number of amides is 1. The Hall–Kier alpha value is -2.32. The van der Waals surface area contributed by atoms with Gasteiger partial charge in [-0.25, -0.2) is 9.78 Å². The summed E-state index contributed by atoms with van der Waals surface area (Å²) in [4.78, 5) is 30.7. The molecule has 3 rings (SSSR count). The number of ether oxygens (including phenoxy) is 2. The summed E-state index contributed by atoms with van der Waals surface area (Å²) in [6.07, 6.45) is -0.597. The van der Waals surface area contributed by atoms with Gasteiger partial charge in [-0.15, -0.1) is 0 Å². The Morgan fingerprint density at radius 1 is 1.20 bits per heavy atom. The van der Waals surface area contributed by atoms with E-state index in [2.05, 4.69) is 4.98 Å². The third-order valence-electron chi connectivity index (χ3n) is 5.87. The first-order valence-corrected chi connectivity index (χ1v) is 10.4. The van der Waals surface area contributed by atoms with E-state index in [4.69, 9.17) is 9.47 Å². The van der Waals surface area contributed by atoms with Crippen LogP contribution < -0.4 is 4.74 Å². The first-order chi connectivity index (χ1) is 14.3. The van der Waals surface area contributed by atoms with E-state index < -0.39 is 18.1 Å². The van der Waals surface area contributed by atoms with Crippen LogP contribution in [0.2, 0.25) is 0 Å². The van der Waals surface area contributed by atoms with Gasteiger partial charge in [0.15, 0.2) is 11.4 Å². The van der Waals surface area contributed by atoms with Gasteiger partial charge in [-0.3, -0.25) is 4.79 Å². The number of pyridine rings is 1. The third kappa shape index (κ3) is 5.23. The number of hydrogen-bond donors (Lipinski definition) is 0. The molecule has 1 saturated heterocycles. The van der Waals surface area contributed by atoms with Crippen molar-refractivity contribution in [3.63, 3.8) is 0 Å². The molecule has 0 N–H and O–H groups in total. The van der Waals surface area contributed by atoms with Crippen LogP contribution in [0, 0.1) is 11.8 Å². The fourth-order valence-corrected chi connectivity index (χ4v) is 4.25. The molecule has 1 atom stereocenters. The van der Waals surface area contributed by atoms with Gasteiger partial charge >= 0.3 is 12.1 Å². The highest BCUT2D eigenvalue weighted by Crippen LogP contribution is 2.40. The Kier molecular flexibility index (Phi) is 7.20. The predicted molar refractivity (Wildman–Crippen MR) is 102 cm³/mol. The zero-order chi connectivity index (χ0) is 21.7. The fourth-order valence-electron chi connectivity index (χ4n) is 4.25. The summed E-state index contributed by atoms with van der Waals surface area (Å²) < 4.78 is 49.4. The quantitative estimate of drug-likeness (QED) is 0.641. The van der Waals surface area contributed by atoms with E-state index >= 15 is 0 Å². The minimum Gasteiger partial charge on any atom is -0.489 e. The van der Waals surface area contributed by atoms with E-state index in [1.54, 1.807) is 24.0 Å². The van der Waals surface area contributed by atoms with E-state index in [0.717, 1.165) is 12.8 Å². The number of carbonyl (C=O) groups is 2. The van der Waals surface area contributed by atoms with Crippen LogP contribution in [0.15, 0.2) is 18.3 Å². The van der Waals surface area contributed by atoms with Crippen molar-refractivity contribution in [2.75, 3.05) is 19.8 Å². The Morgan fingerprint density at radius 2 is 1.93 bits per heavy atom. The number of likely N-dealkylation sites (tertiary alicyclic amines) is 1. The maximum atomic E-state index is 12.9. The Balaban J connectivity index is 1.58. The molecule has 0 bridgehead atoms. The summed E-state index contributed by atoms with van der Waals surface area (Å²) in [5.74, 6) is -2.03. The molecule has 30 heavy (non-hydrogen) atoms. The zero-order valence-corrected chi connectivity index (χ0v) is 17.0. The second-order valence-electron chi connectivity index (χ2n) is 7.80. The minimum absolute atomic E-state index is 0.00744. The number of nitrogens with zero attached hydrogens (tertiary/aromatic N) is 2. The van der Waals surface area contributed by atoms with Gasteiger partial charge in [0, 0.05) is 18.7 Å². The van der Waals surface area contributed by atoms with Gasteiger partial charge in [0.1, 0.15) is 6.61 Å². The second kappa shape index (κ2) is 9.66. The standard InChI is InChI=1S/C21H27F3N2O4/c1-2-29-20(28)18-17(6-3-11-25-18)30-13-16-5-4-12-26(16)19(27)14-7-9-15(10-8-14)21(22,23)24/h3,6,11,14-16H,2,4-5,7-10,12-13H2,1H3/t14-,15-,16-/m0/s1. The van der Waals surface area contributed by atoms with Gasteiger partial charge in [-0.05, 0) is 57.6 Å². The van der Waals surface area contributed by atoms with Crippen LogP contribution >= 0.6 is 0 Å². The number of alkyl halides is 3. The molecular formula is C21H27F3N2O4. The van der Waals surface area contributed by atoms with Crippen LogP contribution in [0.25, 0.3) is 0 Å². The molecular weight excluding hydrogens is 401 g/mol. The lowest BCUT2D eigenvalue weighted by atomic mass is 9.81. The minimum atomic E-state index is -4.18. The maximum Gasteiger partial charge on any atom is 0.391 e. The number of rotatable bonds is 6. The molecule has 1 aliphatic heterocycles. The zero-order valence-electron chi connectivity index (χ0n) is 17.0. The van der Waals surface area contributed by atoms with E-state index in [9.17, 15) is 22.8 Å². The lowest BCUT2D eigenvalue weighted by Gasteiger charge is -2.33. The van der Waals surface area contributed by atoms with E-state index in [0.29, 0.717) is 12.3 Å². The molecule has 0 unspecified atom stereocenters. The van der Waals surface area contributed by atoms with Crippen molar-refractivity contribution in [2.24, 2.45) is 11.8 Å². The molecule has 166 valence electrons. The smallest absolute Gasteiger partial charge is 0.391 e. The monoisotopic (exact) mass is 428 g/mol. The second-order valence-corrected chi connectivity index (χ2v) is 7.80. The molecule has 2 aliphatic rings. The van der Waals surface area contributed by atoms with E-state index in [-0.39, 0.29) is 62.5 Å². The van der Waals surface area contributed by atoms with Crippen LogP contribution in [0.1, 0.15) is 55.9 Å². The average Bonchev–Trinajstić information content (AvgIpc) is 3.20. The molecule has 1 aromatic heterocycles. The van der Waals surface area contributed by atoms with Gasteiger partial charge in [0.25, 0.3) is 0 Å². The normalized spacial score (nSPS) is 24.5. The Morgan fingerprint density at radius 3 is 2.60 bits per heavy atom. The van der Waals surface area contributed by atoms with Crippen LogP contribution in [0.5, 0.6) is 5.75 Å². The average molecular weight is 428 g/mol. The summed E-state index contributed by atoms with van der Waals surface area (Å²) in [6, 6.07) is 3.10. The van der Waals surface area contributed by atoms with Crippen molar-refractivity contribution < 1.29 is 32.2 Å². The summed E-state index contributed by atoms with van der Waals surface area (Å²) in [6.45, 7) is 2.69. The van der Waals surface area contributed by atoms with Gasteiger partial charge in [0.05, 0.1) is 18.6 Å². The molecule has 1 amide bonds. The predicted octanol–water partition coefficient (Wildman–Crippen LogP) is 4.00. The van der Waals surface area contributed by atoms with Gasteiger partial charge in [0.2, 0.25) is 5.91 Å². The van der Waals surface area contributed by atoms with Crippen molar-refractivity contribution in [2.45, 2.75) is 57.7 Å². The van der Waals surface area contributed by atoms with Gasteiger partial charge < -0.3 is 14.4 Å². The number of halogens is 3. The Bertz CT molecular complexity index is 748. The topological polar surface area (TPSA) is 68.7 Å². The SMILES string of the molecule is CCOC(=O)c1ncccc1OC[C@@H]1CCCN1C(=O)[C@H]1CC[C@H](C(F)(F)F)CC1. The summed E-state index contributed by atoms with van der Waals surface area (Å²) >= 11 is 0. The van der Waals surface area contributed by atoms with Crippen molar-refractivity contribution in [3.05, 3.63) is 24.0 Å². The number of hydrogen-bond acceptors (Lipinski definition) is 5. The largest absolute Gasteiger partial charge is 0.489 e. The summed E-state index contributed by atoms with van der Waals surface area (Å²) in [7, 11) is 0. The number of aromatic nitrogens is 1. The van der Waals surface area contributed by atoms with Crippen molar-refractivity contribution in [1.82, 2.24) is 9.88 Å². The molecule has 0 radical (unpaired) electrons. The highest BCUT2D eigenvalue weighted by Gasteiger charge is 2.44. The van der Waals surface area contributed by atoms with Crippen LogP contribution in [-0.4, -0.2) is 53.7 Å². The van der Waals surface area contributed by atoms with Gasteiger partial charge in [-0.2, -0.15) is 13.2 Å². The first-order valence-electron chi connectivity index (χ1n) is 10.4. The molecule has 1 saturated carbocycles. The highest BCUT2D eigenvalue weighted by molar-refractivity contribution is 5.90. The van der Waals surface area contributed by atoms with E-state index in [1.165, 1.54) is 6.20 Å². The summed E-state index contributed by atoms with van der Waals surface area (Å²) in [5.41, 5.74) is 0.0840. The molecule has 0 spiro atoms. The molecule has 1 aliphatic carbocycles. The van der Waals surface area contributed by atoms with Crippen LogP contribution in [0.3, 0.4) is 0 Å². The third-order valence-corrected chi connectivity index (χ3v) is 5.87. The maximum absolute atomic E-state index is 12.9. The molecule has 2 heterocycles. The van der Waals surface area contributed by atoms with E-state index in [1.807, 2.05) is 0 Å². The van der Waals surface area contributed by atoms with Crippen LogP contribution in [0.4, 0.5) is 13.2 Å². The highest BCUT2D eigenvalue weighted by atomic mass is 19.4. The molecule has 2 fully saturated rings. The van der Waals surface area contributed by atoms with Crippen molar-refractivity contribution >= 4 is 11.9 Å². The number of esters is 1. The van der Waals surface area contributed by atoms with Gasteiger partial charge in [-0.1, -0.05) is 0 Å². The van der Waals surface area contributed by atoms with Crippen molar-refractivity contribution in [3.8, 4) is 5.75 Å². The lowest BCUT2D eigenvalue weighted by Crippen LogP contribution is -2.44. The molecule has 6 nitrogen and oxygen atoms in total. The first kappa shape index (κ1) is 22.4. The molecule has 1 aromatic rings. The summed E-state index contributed by atoms with van der Waals surface area (Å²) in [5, 5.41) is 0. The van der Waals surface area contributed by atoms with Crippen molar-refractivity contribution in [1.29, 1.82) is 0 Å². The fraction of sp³-hybridized carbons (Fsp3) is 0.667. The Labute approximate surface area is 173 Å². The molecule has 0 aromatic carbocycles. The molecule has 9 heteroatoms. The lowest BCUT2D eigenvalue weighted by molar-refractivity contribution is -0.185. The number of carbonyl (C=O) groups excluding carboxylic acids is 2. The van der Waals surface area contributed by atoms with Crippen LogP contribution in [-0.2, 0) is 9.53 Å².